The smallest absolute Gasteiger partial charge is 0.330 e. The number of carbonyl (C=O) groups is 1. The van der Waals surface area contributed by atoms with E-state index in [-0.39, 0.29) is 5.97 Å². The Morgan fingerprint density at radius 3 is 2.40 bits per heavy atom. The summed E-state index contributed by atoms with van der Waals surface area (Å²) < 4.78 is 4.92. The summed E-state index contributed by atoms with van der Waals surface area (Å²) in [5.41, 5.74) is -0.481. The van der Waals surface area contributed by atoms with E-state index in [2.05, 4.69) is 6.58 Å². The molecule has 2 nitrogen and oxygen atoms in total. The summed E-state index contributed by atoms with van der Waals surface area (Å²) in [6.07, 6.45) is 2.97. The van der Waals surface area contributed by atoms with E-state index in [9.17, 15) is 4.79 Å². The SMILES string of the molecule is C=CC(=O)OC(C)(C)[CH]C. The van der Waals surface area contributed by atoms with Gasteiger partial charge in [0.05, 0.1) is 0 Å². The predicted molar refractivity (Wildman–Crippen MR) is 40.3 cm³/mol. The monoisotopic (exact) mass is 141 g/mol. The molecule has 0 aromatic carbocycles. The molecule has 0 aliphatic rings. The van der Waals surface area contributed by atoms with Crippen LogP contribution in [0, 0.1) is 6.42 Å². The number of ether oxygens (including phenoxy) is 1. The second kappa shape index (κ2) is 3.40. The molecule has 0 unspecified atom stereocenters. The lowest BCUT2D eigenvalue weighted by Gasteiger charge is -2.21. The highest BCUT2D eigenvalue weighted by molar-refractivity contribution is 5.81. The number of hydrogen-bond acceptors (Lipinski definition) is 2. The lowest BCUT2D eigenvalue weighted by Crippen LogP contribution is -2.26. The molecule has 10 heavy (non-hydrogen) atoms. The zero-order valence-corrected chi connectivity index (χ0v) is 6.68. The molecule has 0 aliphatic heterocycles. The van der Waals surface area contributed by atoms with Gasteiger partial charge in [0.15, 0.2) is 0 Å². The van der Waals surface area contributed by atoms with Crippen LogP contribution >= 0.6 is 0 Å². The molecule has 0 N–H and O–H groups in total. The van der Waals surface area contributed by atoms with Gasteiger partial charge in [-0.25, -0.2) is 4.79 Å². The summed E-state index contributed by atoms with van der Waals surface area (Å²) in [4.78, 5) is 10.6. The predicted octanol–water partition coefficient (Wildman–Crippen LogP) is 1.72. The van der Waals surface area contributed by atoms with Gasteiger partial charge in [-0.2, -0.15) is 0 Å². The average molecular weight is 141 g/mol. The second-order valence-electron chi connectivity index (χ2n) is 2.52. The van der Waals surface area contributed by atoms with Crippen LogP contribution in [0.3, 0.4) is 0 Å². The summed E-state index contributed by atoms with van der Waals surface area (Å²) in [5, 5.41) is 0. The van der Waals surface area contributed by atoms with Crippen LogP contribution in [0.1, 0.15) is 20.8 Å². The van der Waals surface area contributed by atoms with Crippen molar-refractivity contribution in [2.45, 2.75) is 26.4 Å². The molecular weight excluding hydrogens is 128 g/mol. The lowest BCUT2D eigenvalue weighted by molar-refractivity contribution is -0.147. The van der Waals surface area contributed by atoms with Gasteiger partial charge in [-0.15, -0.1) is 0 Å². The second-order valence-corrected chi connectivity index (χ2v) is 2.52. The first-order chi connectivity index (χ1) is 4.52. The van der Waals surface area contributed by atoms with Gasteiger partial charge in [-0.3, -0.25) is 0 Å². The van der Waals surface area contributed by atoms with Crippen LogP contribution in [-0.4, -0.2) is 11.6 Å². The van der Waals surface area contributed by atoms with Crippen molar-refractivity contribution in [3.63, 3.8) is 0 Å². The molecule has 0 aliphatic carbocycles. The van der Waals surface area contributed by atoms with Gasteiger partial charge >= 0.3 is 5.97 Å². The number of rotatable bonds is 3. The van der Waals surface area contributed by atoms with Crippen LogP contribution in [0.25, 0.3) is 0 Å². The molecule has 0 aromatic heterocycles. The fourth-order valence-corrected chi connectivity index (χ4v) is 0.360. The molecule has 0 saturated carbocycles. The van der Waals surface area contributed by atoms with E-state index in [0.717, 1.165) is 6.08 Å². The van der Waals surface area contributed by atoms with Gasteiger partial charge in [0.25, 0.3) is 0 Å². The first kappa shape index (κ1) is 9.21. The van der Waals surface area contributed by atoms with Crippen molar-refractivity contribution < 1.29 is 9.53 Å². The van der Waals surface area contributed by atoms with Crippen molar-refractivity contribution in [3.8, 4) is 0 Å². The minimum Gasteiger partial charge on any atom is -0.456 e. The minimum absolute atomic E-state index is 0.386. The Morgan fingerprint density at radius 2 is 2.10 bits per heavy atom. The third-order valence-electron chi connectivity index (χ3n) is 1.23. The maximum Gasteiger partial charge on any atom is 0.330 e. The molecule has 0 aromatic rings. The Hall–Kier alpha value is -0.790. The van der Waals surface area contributed by atoms with E-state index in [1.165, 1.54) is 0 Å². The number of hydrogen-bond donors (Lipinski definition) is 0. The van der Waals surface area contributed by atoms with E-state index >= 15 is 0 Å². The van der Waals surface area contributed by atoms with Gasteiger partial charge in [0, 0.05) is 12.5 Å². The van der Waals surface area contributed by atoms with Gasteiger partial charge in [-0.05, 0) is 13.8 Å². The Bertz CT molecular complexity index is 136. The number of esters is 1. The maximum absolute atomic E-state index is 10.6. The Kier molecular flexibility index (Phi) is 3.13. The molecule has 1 radical (unpaired) electrons. The van der Waals surface area contributed by atoms with Crippen molar-refractivity contribution in [2.24, 2.45) is 0 Å². The molecule has 0 rings (SSSR count). The van der Waals surface area contributed by atoms with Crippen LogP contribution < -0.4 is 0 Å². The first-order valence-electron chi connectivity index (χ1n) is 3.18. The largest absolute Gasteiger partial charge is 0.456 e. The Balaban J connectivity index is 3.87. The quantitative estimate of drug-likeness (QED) is 0.442. The molecule has 0 heterocycles. The summed E-state index contributed by atoms with van der Waals surface area (Å²) in [7, 11) is 0. The zero-order valence-electron chi connectivity index (χ0n) is 6.68. The van der Waals surface area contributed by atoms with Gasteiger partial charge in [0.2, 0.25) is 0 Å². The third-order valence-corrected chi connectivity index (χ3v) is 1.23. The van der Waals surface area contributed by atoms with Crippen molar-refractivity contribution in [2.75, 3.05) is 0 Å². The minimum atomic E-state index is -0.481. The van der Waals surface area contributed by atoms with Crippen LogP contribution in [0.4, 0.5) is 0 Å². The highest BCUT2D eigenvalue weighted by atomic mass is 16.6. The normalized spacial score (nSPS) is 10.7. The summed E-state index contributed by atoms with van der Waals surface area (Å²) in [5.74, 6) is -0.386. The topological polar surface area (TPSA) is 26.3 Å². The van der Waals surface area contributed by atoms with Crippen molar-refractivity contribution >= 4 is 5.97 Å². The molecule has 57 valence electrons. The van der Waals surface area contributed by atoms with Crippen LogP contribution in [0.15, 0.2) is 12.7 Å². The summed E-state index contributed by atoms with van der Waals surface area (Å²) >= 11 is 0. The van der Waals surface area contributed by atoms with E-state index in [1.54, 1.807) is 0 Å². The first-order valence-corrected chi connectivity index (χ1v) is 3.18. The van der Waals surface area contributed by atoms with Gasteiger partial charge < -0.3 is 4.74 Å². The van der Waals surface area contributed by atoms with Gasteiger partial charge in [-0.1, -0.05) is 13.5 Å². The van der Waals surface area contributed by atoms with E-state index in [0.29, 0.717) is 0 Å². The van der Waals surface area contributed by atoms with E-state index < -0.39 is 5.60 Å². The third kappa shape index (κ3) is 3.28. The van der Waals surface area contributed by atoms with E-state index in [4.69, 9.17) is 4.74 Å². The summed E-state index contributed by atoms with van der Waals surface area (Å²) in [6.45, 7) is 8.76. The van der Waals surface area contributed by atoms with Crippen molar-refractivity contribution in [1.29, 1.82) is 0 Å². The molecular formula is C8H13O2. The van der Waals surface area contributed by atoms with Gasteiger partial charge in [0.1, 0.15) is 5.60 Å². The molecule has 0 amide bonds. The maximum atomic E-state index is 10.6. The van der Waals surface area contributed by atoms with Crippen molar-refractivity contribution in [1.82, 2.24) is 0 Å². The Morgan fingerprint density at radius 1 is 1.60 bits per heavy atom. The lowest BCUT2D eigenvalue weighted by atomic mass is 10.1. The number of carbonyl (C=O) groups excluding carboxylic acids is 1. The summed E-state index contributed by atoms with van der Waals surface area (Å²) in [6, 6.07) is 0. The fraction of sp³-hybridized carbons (Fsp3) is 0.500. The fourth-order valence-electron chi connectivity index (χ4n) is 0.360. The van der Waals surface area contributed by atoms with Crippen LogP contribution in [-0.2, 0) is 9.53 Å². The highest BCUT2D eigenvalue weighted by Gasteiger charge is 2.18. The average Bonchev–Trinajstić information content (AvgIpc) is 1.87. The van der Waals surface area contributed by atoms with Crippen LogP contribution in [0.5, 0.6) is 0 Å². The molecule has 0 fully saturated rings. The van der Waals surface area contributed by atoms with Crippen molar-refractivity contribution in [3.05, 3.63) is 19.1 Å². The molecule has 0 bridgehead atoms. The highest BCUT2D eigenvalue weighted by Crippen LogP contribution is 2.12. The molecule has 0 saturated heterocycles. The van der Waals surface area contributed by atoms with Crippen LogP contribution in [0.2, 0.25) is 0 Å². The molecule has 0 spiro atoms. The molecule has 2 heteroatoms. The van der Waals surface area contributed by atoms with E-state index in [1.807, 2.05) is 27.2 Å². The zero-order chi connectivity index (χ0) is 8.20. The molecule has 0 atom stereocenters. The standard InChI is InChI=1S/C8H13O2/c1-5-7(9)10-8(3,4)6-2/h5-6H,1H2,2-4H3. The Labute approximate surface area is 61.9 Å².